The molecule has 0 aromatic heterocycles. The topological polar surface area (TPSA) is 33.1 Å². The SMILES string of the molecule is CC(=N)OC1CCCC1. The molecule has 1 fully saturated rings. The maximum absolute atomic E-state index is 7.04. The van der Waals surface area contributed by atoms with Crippen molar-refractivity contribution in [1.29, 1.82) is 5.41 Å². The summed E-state index contributed by atoms with van der Waals surface area (Å²) in [6.45, 7) is 1.69. The largest absolute Gasteiger partial charge is 0.478 e. The first-order chi connectivity index (χ1) is 4.29. The minimum Gasteiger partial charge on any atom is -0.478 e. The first-order valence-corrected chi connectivity index (χ1v) is 3.51. The molecular formula is C7H13NO. The Morgan fingerprint density at radius 3 is 2.44 bits per heavy atom. The van der Waals surface area contributed by atoms with Gasteiger partial charge in [-0.05, 0) is 25.7 Å². The van der Waals surface area contributed by atoms with Crippen LogP contribution in [0.1, 0.15) is 32.6 Å². The normalized spacial score (nSPS) is 20.1. The molecule has 1 aliphatic carbocycles. The van der Waals surface area contributed by atoms with Gasteiger partial charge in [0.25, 0.3) is 0 Å². The van der Waals surface area contributed by atoms with Crippen LogP contribution in [-0.4, -0.2) is 12.0 Å². The summed E-state index contributed by atoms with van der Waals surface area (Å²) < 4.78 is 5.19. The molecule has 1 aliphatic rings. The molecule has 0 atom stereocenters. The van der Waals surface area contributed by atoms with Crippen molar-refractivity contribution in [2.45, 2.75) is 38.7 Å². The molecule has 0 aliphatic heterocycles. The fourth-order valence-corrected chi connectivity index (χ4v) is 1.26. The Morgan fingerprint density at radius 1 is 1.44 bits per heavy atom. The average Bonchev–Trinajstić information content (AvgIpc) is 2.15. The second-order valence-electron chi connectivity index (χ2n) is 2.58. The van der Waals surface area contributed by atoms with Crippen LogP contribution in [-0.2, 0) is 4.74 Å². The Labute approximate surface area is 55.7 Å². The third-order valence-corrected chi connectivity index (χ3v) is 1.65. The molecule has 0 aromatic carbocycles. The van der Waals surface area contributed by atoms with E-state index in [0.717, 1.165) is 12.8 Å². The fourth-order valence-electron chi connectivity index (χ4n) is 1.26. The highest BCUT2D eigenvalue weighted by molar-refractivity contribution is 5.69. The first-order valence-electron chi connectivity index (χ1n) is 3.51. The van der Waals surface area contributed by atoms with Gasteiger partial charge in [-0.1, -0.05) is 0 Å². The van der Waals surface area contributed by atoms with E-state index in [1.165, 1.54) is 12.8 Å². The highest BCUT2D eigenvalue weighted by atomic mass is 16.5. The quantitative estimate of drug-likeness (QED) is 0.424. The molecule has 0 unspecified atom stereocenters. The van der Waals surface area contributed by atoms with E-state index in [4.69, 9.17) is 10.1 Å². The Bertz CT molecular complexity index is 105. The molecule has 0 heterocycles. The molecule has 52 valence electrons. The third-order valence-electron chi connectivity index (χ3n) is 1.65. The van der Waals surface area contributed by atoms with Crippen molar-refractivity contribution >= 4 is 5.90 Å². The molecule has 0 saturated heterocycles. The molecule has 0 spiro atoms. The Balaban J connectivity index is 2.19. The minimum atomic E-state index is 0.363. The monoisotopic (exact) mass is 127 g/mol. The molecule has 0 amide bonds. The van der Waals surface area contributed by atoms with Gasteiger partial charge < -0.3 is 4.74 Å². The number of ether oxygens (including phenoxy) is 1. The fraction of sp³-hybridized carbons (Fsp3) is 0.857. The van der Waals surface area contributed by atoms with E-state index in [2.05, 4.69) is 0 Å². The van der Waals surface area contributed by atoms with Crippen molar-refractivity contribution in [3.8, 4) is 0 Å². The van der Waals surface area contributed by atoms with Gasteiger partial charge in [-0.2, -0.15) is 0 Å². The van der Waals surface area contributed by atoms with E-state index in [1.807, 2.05) is 0 Å². The van der Waals surface area contributed by atoms with Crippen molar-refractivity contribution in [3.05, 3.63) is 0 Å². The number of hydrogen-bond donors (Lipinski definition) is 1. The van der Waals surface area contributed by atoms with Gasteiger partial charge in [0, 0.05) is 6.92 Å². The number of rotatable bonds is 1. The second-order valence-corrected chi connectivity index (χ2v) is 2.58. The lowest BCUT2D eigenvalue weighted by Crippen LogP contribution is -2.10. The highest BCUT2D eigenvalue weighted by Crippen LogP contribution is 2.20. The van der Waals surface area contributed by atoms with Gasteiger partial charge in [-0.3, -0.25) is 5.41 Å². The summed E-state index contributed by atoms with van der Waals surface area (Å²) in [5, 5.41) is 7.04. The maximum Gasteiger partial charge on any atom is 0.177 e. The lowest BCUT2D eigenvalue weighted by Gasteiger charge is -2.09. The summed E-state index contributed by atoms with van der Waals surface area (Å²) in [6.07, 6.45) is 5.21. The van der Waals surface area contributed by atoms with Gasteiger partial charge in [0.15, 0.2) is 5.90 Å². The van der Waals surface area contributed by atoms with E-state index < -0.39 is 0 Å². The van der Waals surface area contributed by atoms with Gasteiger partial charge in [-0.15, -0.1) is 0 Å². The zero-order valence-electron chi connectivity index (χ0n) is 5.81. The lowest BCUT2D eigenvalue weighted by molar-refractivity contribution is 0.192. The van der Waals surface area contributed by atoms with Crippen LogP contribution >= 0.6 is 0 Å². The molecule has 0 bridgehead atoms. The lowest BCUT2D eigenvalue weighted by atomic mass is 10.3. The zero-order chi connectivity index (χ0) is 6.69. The van der Waals surface area contributed by atoms with E-state index >= 15 is 0 Å². The number of hydrogen-bond acceptors (Lipinski definition) is 2. The summed E-state index contributed by atoms with van der Waals surface area (Å²) >= 11 is 0. The van der Waals surface area contributed by atoms with Crippen LogP contribution < -0.4 is 0 Å². The van der Waals surface area contributed by atoms with Gasteiger partial charge in [0.1, 0.15) is 6.10 Å². The second kappa shape index (κ2) is 2.85. The Kier molecular flexibility index (Phi) is 2.09. The Morgan fingerprint density at radius 2 is 2.00 bits per heavy atom. The predicted molar refractivity (Wildman–Crippen MR) is 36.7 cm³/mol. The van der Waals surface area contributed by atoms with Crippen LogP contribution in [0.4, 0.5) is 0 Å². The van der Waals surface area contributed by atoms with E-state index in [-0.39, 0.29) is 0 Å². The molecule has 0 radical (unpaired) electrons. The van der Waals surface area contributed by atoms with Gasteiger partial charge in [0.2, 0.25) is 0 Å². The van der Waals surface area contributed by atoms with Crippen molar-refractivity contribution in [3.63, 3.8) is 0 Å². The van der Waals surface area contributed by atoms with Crippen LogP contribution in [0.5, 0.6) is 0 Å². The van der Waals surface area contributed by atoms with Crippen molar-refractivity contribution in [2.75, 3.05) is 0 Å². The molecule has 1 saturated carbocycles. The molecule has 1 rings (SSSR count). The van der Waals surface area contributed by atoms with E-state index in [1.54, 1.807) is 6.92 Å². The van der Waals surface area contributed by atoms with Crippen molar-refractivity contribution < 1.29 is 4.74 Å². The van der Waals surface area contributed by atoms with Gasteiger partial charge in [-0.25, -0.2) is 0 Å². The maximum atomic E-state index is 7.04. The van der Waals surface area contributed by atoms with Crippen LogP contribution in [0.25, 0.3) is 0 Å². The number of nitrogens with one attached hydrogen (secondary N) is 1. The van der Waals surface area contributed by atoms with Crippen LogP contribution in [0, 0.1) is 5.41 Å². The summed E-state index contributed by atoms with van der Waals surface area (Å²) in [6, 6.07) is 0. The summed E-state index contributed by atoms with van der Waals surface area (Å²) in [7, 11) is 0. The molecule has 9 heavy (non-hydrogen) atoms. The van der Waals surface area contributed by atoms with Gasteiger partial charge in [0.05, 0.1) is 0 Å². The average molecular weight is 127 g/mol. The van der Waals surface area contributed by atoms with Crippen molar-refractivity contribution in [1.82, 2.24) is 0 Å². The summed E-state index contributed by atoms with van der Waals surface area (Å²) in [5.41, 5.74) is 0. The minimum absolute atomic E-state index is 0.363. The molecule has 2 heteroatoms. The van der Waals surface area contributed by atoms with Crippen LogP contribution in [0.3, 0.4) is 0 Å². The molecule has 0 aromatic rings. The highest BCUT2D eigenvalue weighted by Gasteiger charge is 2.15. The predicted octanol–water partition coefficient (Wildman–Crippen LogP) is 1.94. The van der Waals surface area contributed by atoms with Crippen LogP contribution in [0.15, 0.2) is 0 Å². The van der Waals surface area contributed by atoms with Gasteiger partial charge >= 0.3 is 0 Å². The van der Waals surface area contributed by atoms with Crippen molar-refractivity contribution in [2.24, 2.45) is 0 Å². The van der Waals surface area contributed by atoms with Crippen LogP contribution in [0.2, 0.25) is 0 Å². The van der Waals surface area contributed by atoms with E-state index in [9.17, 15) is 0 Å². The van der Waals surface area contributed by atoms with E-state index in [0.29, 0.717) is 12.0 Å². The molecule has 1 N–H and O–H groups in total. The molecular weight excluding hydrogens is 114 g/mol. The first kappa shape index (κ1) is 6.59. The standard InChI is InChI=1S/C7H13NO/c1-6(8)9-7-4-2-3-5-7/h7-8H,2-5H2,1H3. The zero-order valence-corrected chi connectivity index (χ0v) is 5.81. The third kappa shape index (κ3) is 2.04. The summed E-state index contributed by atoms with van der Waals surface area (Å²) in [4.78, 5) is 0. The smallest absolute Gasteiger partial charge is 0.177 e. The Hall–Kier alpha value is -0.530. The summed E-state index contributed by atoms with van der Waals surface area (Å²) in [5.74, 6) is 0.363. The molecule has 2 nitrogen and oxygen atoms in total.